The molecule has 0 bridgehead atoms. The average Bonchev–Trinajstić information content (AvgIpc) is 3.54. The summed E-state index contributed by atoms with van der Waals surface area (Å²) >= 11 is 12.1. The summed E-state index contributed by atoms with van der Waals surface area (Å²) in [6.07, 6.45) is 3.69. The molecule has 1 aliphatic carbocycles. The lowest BCUT2D eigenvalue weighted by Gasteiger charge is -2.39. The van der Waals surface area contributed by atoms with E-state index in [-0.39, 0.29) is 17.9 Å². The summed E-state index contributed by atoms with van der Waals surface area (Å²) in [4.78, 5) is 31.1. The van der Waals surface area contributed by atoms with Crippen molar-refractivity contribution in [2.75, 3.05) is 44.2 Å². The minimum Gasteiger partial charge on any atom is -0.368 e. The molecule has 0 aromatic heterocycles. The van der Waals surface area contributed by atoms with Crippen molar-refractivity contribution in [3.8, 4) is 0 Å². The van der Waals surface area contributed by atoms with Crippen LogP contribution in [0.25, 0.3) is 0 Å². The number of rotatable bonds is 3. The number of halogens is 2. The van der Waals surface area contributed by atoms with Crippen molar-refractivity contribution in [3.63, 3.8) is 0 Å². The Morgan fingerprint density at radius 1 is 0.857 bits per heavy atom. The molecule has 28 heavy (non-hydrogen) atoms. The first-order valence-electron chi connectivity index (χ1n) is 10.1. The largest absolute Gasteiger partial charge is 0.368 e. The zero-order valence-corrected chi connectivity index (χ0v) is 17.4. The molecular weight excluding hydrogens is 399 g/mol. The van der Waals surface area contributed by atoms with Crippen LogP contribution in [-0.2, 0) is 4.79 Å². The van der Waals surface area contributed by atoms with Gasteiger partial charge in [0, 0.05) is 56.9 Å². The van der Waals surface area contributed by atoms with Crippen LogP contribution in [0.15, 0.2) is 18.2 Å². The molecular formula is C20H26Cl2N4O2. The van der Waals surface area contributed by atoms with Gasteiger partial charge in [-0.1, -0.05) is 23.2 Å². The summed E-state index contributed by atoms with van der Waals surface area (Å²) in [5.41, 5.74) is 1.04. The molecule has 0 unspecified atom stereocenters. The van der Waals surface area contributed by atoms with Crippen LogP contribution in [0.3, 0.4) is 0 Å². The topological polar surface area (TPSA) is 55.9 Å². The number of carbonyl (C=O) groups is 2. The Kier molecular flexibility index (Phi) is 5.88. The Labute approximate surface area is 175 Å². The number of carbonyl (C=O) groups excluding carboxylic acids is 2. The van der Waals surface area contributed by atoms with E-state index in [1.165, 1.54) is 0 Å². The highest BCUT2D eigenvalue weighted by Crippen LogP contribution is 2.28. The number of urea groups is 1. The highest BCUT2D eigenvalue weighted by molar-refractivity contribution is 6.42. The SMILES string of the molecule is O=C(NC1CC1)N1CCC(C(=O)N2CCN(c3ccc(Cl)c(Cl)c3)CC2)CC1. The zero-order valence-electron chi connectivity index (χ0n) is 15.9. The summed E-state index contributed by atoms with van der Waals surface area (Å²) in [5, 5.41) is 4.13. The first-order valence-corrected chi connectivity index (χ1v) is 10.8. The lowest BCUT2D eigenvalue weighted by Crippen LogP contribution is -2.52. The molecule has 0 spiro atoms. The molecule has 1 aromatic rings. The molecule has 1 N–H and O–H groups in total. The molecule has 3 fully saturated rings. The van der Waals surface area contributed by atoms with Crippen LogP contribution < -0.4 is 10.2 Å². The summed E-state index contributed by atoms with van der Waals surface area (Å²) in [7, 11) is 0. The number of benzene rings is 1. The van der Waals surface area contributed by atoms with E-state index in [0.717, 1.165) is 44.5 Å². The fourth-order valence-corrected chi connectivity index (χ4v) is 4.24. The van der Waals surface area contributed by atoms with Crippen molar-refractivity contribution < 1.29 is 9.59 Å². The minimum atomic E-state index is 0.0292. The summed E-state index contributed by atoms with van der Waals surface area (Å²) in [6.45, 7) is 4.32. The second-order valence-electron chi connectivity index (χ2n) is 7.90. The summed E-state index contributed by atoms with van der Waals surface area (Å²) in [5.74, 6) is 0.262. The van der Waals surface area contributed by atoms with Crippen LogP contribution >= 0.6 is 23.2 Å². The Bertz CT molecular complexity index is 740. The summed E-state index contributed by atoms with van der Waals surface area (Å²) < 4.78 is 0. The number of anilines is 1. The summed E-state index contributed by atoms with van der Waals surface area (Å²) in [6, 6.07) is 6.06. The predicted molar refractivity (Wildman–Crippen MR) is 111 cm³/mol. The zero-order chi connectivity index (χ0) is 19.7. The number of hydrogen-bond donors (Lipinski definition) is 1. The molecule has 0 atom stereocenters. The number of nitrogens with one attached hydrogen (secondary N) is 1. The third-order valence-corrected chi connectivity index (χ3v) is 6.64. The van der Waals surface area contributed by atoms with Crippen LogP contribution in [0.1, 0.15) is 25.7 Å². The highest BCUT2D eigenvalue weighted by Gasteiger charge is 2.33. The molecule has 3 aliphatic rings. The van der Waals surface area contributed by atoms with E-state index in [1.54, 1.807) is 0 Å². The van der Waals surface area contributed by atoms with Gasteiger partial charge in [0.1, 0.15) is 0 Å². The van der Waals surface area contributed by atoms with Crippen molar-refractivity contribution in [3.05, 3.63) is 28.2 Å². The molecule has 0 radical (unpaired) electrons. The number of hydrogen-bond acceptors (Lipinski definition) is 3. The van der Waals surface area contributed by atoms with Crippen LogP contribution in [0.2, 0.25) is 10.0 Å². The van der Waals surface area contributed by atoms with Crippen molar-refractivity contribution in [2.24, 2.45) is 5.92 Å². The van der Waals surface area contributed by atoms with E-state index in [0.29, 0.717) is 42.3 Å². The molecule has 2 heterocycles. The second-order valence-corrected chi connectivity index (χ2v) is 8.71. The first kappa shape index (κ1) is 19.6. The highest BCUT2D eigenvalue weighted by atomic mass is 35.5. The third kappa shape index (κ3) is 4.49. The predicted octanol–water partition coefficient (Wildman–Crippen LogP) is 3.23. The van der Waals surface area contributed by atoms with Gasteiger partial charge < -0.3 is 20.0 Å². The fourth-order valence-electron chi connectivity index (χ4n) is 3.95. The van der Waals surface area contributed by atoms with E-state index in [1.807, 2.05) is 28.0 Å². The smallest absolute Gasteiger partial charge is 0.317 e. The number of nitrogens with zero attached hydrogens (tertiary/aromatic N) is 3. The van der Waals surface area contributed by atoms with Crippen LogP contribution in [0.4, 0.5) is 10.5 Å². The van der Waals surface area contributed by atoms with Crippen molar-refractivity contribution in [1.29, 1.82) is 0 Å². The van der Waals surface area contributed by atoms with E-state index in [4.69, 9.17) is 23.2 Å². The van der Waals surface area contributed by atoms with Gasteiger partial charge in [-0.15, -0.1) is 0 Å². The van der Waals surface area contributed by atoms with Gasteiger partial charge in [-0.25, -0.2) is 4.79 Å². The van der Waals surface area contributed by atoms with Crippen molar-refractivity contribution >= 4 is 40.8 Å². The van der Waals surface area contributed by atoms with E-state index < -0.39 is 0 Å². The molecule has 8 heteroatoms. The lowest BCUT2D eigenvalue weighted by molar-refractivity contribution is -0.137. The lowest BCUT2D eigenvalue weighted by atomic mass is 9.95. The van der Waals surface area contributed by atoms with E-state index >= 15 is 0 Å². The molecule has 2 saturated heterocycles. The quantitative estimate of drug-likeness (QED) is 0.809. The maximum Gasteiger partial charge on any atom is 0.317 e. The normalized spacial score (nSPS) is 21.0. The molecule has 3 amide bonds. The average molecular weight is 425 g/mol. The molecule has 1 saturated carbocycles. The number of piperazine rings is 1. The van der Waals surface area contributed by atoms with Gasteiger partial charge in [0.15, 0.2) is 0 Å². The molecule has 1 aromatic carbocycles. The maximum atomic E-state index is 12.9. The van der Waals surface area contributed by atoms with E-state index in [2.05, 4.69) is 10.2 Å². The minimum absolute atomic E-state index is 0.0292. The van der Waals surface area contributed by atoms with Crippen LogP contribution in [0.5, 0.6) is 0 Å². The first-order chi connectivity index (χ1) is 13.5. The molecule has 4 rings (SSSR count). The van der Waals surface area contributed by atoms with Gasteiger partial charge in [-0.05, 0) is 43.9 Å². The van der Waals surface area contributed by atoms with Crippen LogP contribution in [0, 0.1) is 5.92 Å². The Morgan fingerprint density at radius 3 is 2.14 bits per heavy atom. The maximum absolute atomic E-state index is 12.9. The molecule has 152 valence electrons. The van der Waals surface area contributed by atoms with Gasteiger partial charge >= 0.3 is 6.03 Å². The van der Waals surface area contributed by atoms with Gasteiger partial charge in [0.05, 0.1) is 10.0 Å². The molecule has 6 nitrogen and oxygen atoms in total. The molecule has 2 aliphatic heterocycles. The van der Waals surface area contributed by atoms with Crippen molar-refractivity contribution in [1.82, 2.24) is 15.1 Å². The van der Waals surface area contributed by atoms with Gasteiger partial charge in [-0.2, -0.15) is 0 Å². The monoisotopic (exact) mass is 424 g/mol. The Morgan fingerprint density at radius 2 is 1.54 bits per heavy atom. The van der Waals surface area contributed by atoms with Crippen molar-refractivity contribution in [2.45, 2.75) is 31.7 Å². The van der Waals surface area contributed by atoms with Gasteiger partial charge in [-0.3, -0.25) is 4.79 Å². The fraction of sp³-hybridized carbons (Fsp3) is 0.600. The second kappa shape index (κ2) is 8.37. The third-order valence-electron chi connectivity index (χ3n) is 5.90. The Balaban J connectivity index is 1.25. The number of likely N-dealkylation sites (tertiary alicyclic amines) is 1. The van der Waals surface area contributed by atoms with Gasteiger partial charge in [0.25, 0.3) is 0 Å². The number of amides is 3. The standard InChI is InChI=1S/C20H26Cl2N4O2/c21-17-4-3-16(13-18(17)22)24-9-11-25(12-10-24)19(27)14-5-7-26(8-6-14)20(28)23-15-1-2-15/h3-4,13-15H,1-2,5-12H2,(H,23,28). The Hall–Kier alpha value is -1.66. The number of piperidine rings is 1. The van der Waals surface area contributed by atoms with E-state index in [9.17, 15) is 9.59 Å². The van der Waals surface area contributed by atoms with Crippen LogP contribution in [-0.4, -0.2) is 67.0 Å². The van der Waals surface area contributed by atoms with Gasteiger partial charge in [0.2, 0.25) is 5.91 Å².